The number of piperidine rings is 1. The lowest BCUT2D eigenvalue weighted by Crippen LogP contribution is -2.57. The van der Waals surface area contributed by atoms with Crippen molar-refractivity contribution in [3.8, 4) is 0 Å². The number of likely N-dealkylation sites (tertiary alicyclic amines) is 1. The molecule has 1 aromatic carbocycles. The van der Waals surface area contributed by atoms with Crippen LogP contribution in [0.25, 0.3) is 0 Å². The summed E-state index contributed by atoms with van der Waals surface area (Å²) in [5, 5.41) is 0. The van der Waals surface area contributed by atoms with Gasteiger partial charge in [-0.2, -0.15) is 0 Å². The van der Waals surface area contributed by atoms with E-state index in [2.05, 4.69) is 46.7 Å². The highest BCUT2D eigenvalue weighted by Crippen LogP contribution is 2.37. The van der Waals surface area contributed by atoms with Crippen molar-refractivity contribution >= 4 is 17.3 Å². The predicted molar refractivity (Wildman–Crippen MR) is 122 cm³/mol. The topological polar surface area (TPSA) is 39.3 Å². The fourth-order valence-corrected chi connectivity index (χ4v) is 5.71. The maximum atomic E-state index is 12.3. The first-order valence-corrected chi connectivity index (χ1v) is 11.8. The summed E-state index contributed by atoms with van der Waals surface area (Å²) >= 11 is 0. The van der Waals surface area contributed by atoms with E-state index >= 15 is 0 Å². The lowest BCUT2D eigenvalue weighted by Gasteiger charge is -2.48. The number of fused-ring (bicyclic) bond motifs is 1. The first kappa shape index (κ1) is 21.6. The van der Waals surface area contributed by atoms with Crippen LogP contribution in [-0.2, 0) is 9.53 Å². The van der Waals surface area contributed by atoms with Gasteiger partial charge in [-0.15, -0.1) is 0 Å². The van der Waals surface area contributed by atoms with Crippen molar-refractivity contribution in [2.45, 2.75) is 52.2 Å². The van der Waals surface area contributed by atoms with Crippen LogP contribution in [0.1, 0.15) is 40.0 Å². The molecule has 0 radical (unpaired) electrons. The summed E-state index contributed by atoms with van der Waals surface area (Å²) < 4.78 is 5.58. The van der Waals surface area contributed by atoms with Crippen LogP contribution in [0.2, 0.25) is 0 Å². The monoisotopic (exact) mass is 414 g/mol. The van der Waals surface area contributed by atoms with Crippen molar-refractivity contribution in [3.05, 3.63) is 24.3 Å². The number of hydrogen-bond acceptors (Lipinski definition) is 5. The van der Waals surface area contributed by atoms with Crippen LogP contribution >= 0.6 is 0 Å². The Morgan fingerprint density at radius 1 is 1.10 bits per heavy atom. The molecule has 1 amide bonds. The Balaban J connectivity index is 1.46. The Labute approximate surface area is 181 Å². The Morgan fingerprint density at radius 2 is 1.83 bits per heavy atom. The molecule has 3 heterocycles. The van der Waals surface area contributed by atoms with Gasteiger partial charge in [-0.05, 0) is 50.8 Å². The van der Waals surface area contributed by atoms with E-state index in [-0.39, 0.29) is 11.9 Å². The minimum absolute atomic E-state index is 0.134. The minimum atomic E-state index is 0.134. The number of carbonyl (C=O) groups is 1. The van der Waals surface area contributed by atoms with Crippen LogP contribution in [0.15, 0.2) is 24.3 Å². The number of rotatable bonds is 5. The van der Waals surface area contributed by atoms with Gasteiger partial charge in [0, 0.05) is 39.6 Å². The fourth-order valence-electron chi connectivity index (χ4n) is 5.71. The average molecular weight is 415 g/mol. The van der Waals surface area contributed by atoms with Gasteiger partial charge in [0.25, 0.3) is 0 Å². The largest absolute Gasteiger partial charge is 0.379 e. The summed E-state index contributed by atoms with van der Waals surface area (Å²) in [4.78, 5) is 22.1. The maximum absolute atomic E-state index is 12.3. The number of amides is 1. The number of anilines is 2. The van der Waals surface area contributed by atoms with Gasteiger partial charge in [-0.25, -0.2) is 0 Å². The van der Waals surface area contributed by atoms with Crippen LogP contribution in [0, 0.1) is 5.92 Å². The Morgan fingerprint density at radius 3 is 2.53 bits per heavy atom. The van der Waals surface area contributed by atoms with E-state index in [4.69, 9.17) is 4.74 Å². The molecule has 0 spiro atoms. The standard InChI is InChI=1S/C24H38N4O2/c1-4-11-26-17-21(9-10-24(26)25-12-14-30-15-13-25)18-27-16-19(2)28(20(3)29)23-8-6-5-7-22(23)27/h5-8,19,21,24H,4,9-18H2,1-3H3/t19-,21?,24?/m0/s1. The molecule has 4 rings (SSSR count). The Hall–Kier alpha value is -1.63. The summed E-state index contributed by atoms with van der Waals surface area (Å²) in [6.45, 7) is 14.3. The molecule has 6 heteroatoms. The molecule has 6 nitrogen and oxygen atoms in total. The van der Waals surface area contributed by atoms with Crippen LogP contribution < -0.4 is 9.80 Å². The lowest BCUT2D eigenvalue weighted by atomic mass is 9.93. The SMILES string of the molecule is CCCN1CC(CN2C[C@H](C)N(C(C)=O)c3ccccc32)CCC1N1CCOCC1. The summed E-state index contributed by atoms with van der Waals surface area (Å²) in [5.74, 6) is 0.799. The Kier molecular flexibility index (Phi) is 6.96. The minimum Gasteiger partial charge on any atom is -0.379 e. The van der Waals surface area contributed by atoms with Crippen LogP contribution in [0.4, 0.5) is 11.4 Å². The molecule has 0 N–H and O–H groups in total. The molecule has 0 aliphatic carbocycles. The van der Waals surface area contributed by atoms with Crippen molar-refractivity contribution in [2.24, 2.45) is 5.92 Å². The average Bonchev–Trinajstić information content (AvgIpc) is 2.74. The zero-order valence-electron chi connectivity index (χ0n) is 18.9. The molecule has 3 atom stereocenters. The highest BCUT2D eigenvalue weighted by Gasteiger charge is 2.35. The van der Waals surface area contributed by atoms with Crippen molar-refractivity contribution in [2.75, 3.05) is 62.3 Å². The highest BCUT2D eigenvalue weighted by molar-refractivity contribution is 5.97. The predicted octanol–water partition coefficient (Wildman–Crippen LogP) is 3.03. The van der Waals surface area contributed by atoms with Gasteiger partial charge < -0.3 is 14.5 Å². The molecule has 166 valence electrons. The molecule has 2 saturated heterocycles. The van der Waals surface area contributed by atoms with Gasteiger partial charge in [-0.1, -0.05) is 19.1 Å². The number of nitrogens with zero attached hydrogens (tertiary/aromatic N) is 4. The summed E-state index contributed by atoms with van der Waals surface area (Å²) in [6.07, 6.45) is 4.29. The van der Waals surface area contributed by atoms with Gasteiger partial charge in [0.05, 0.1) is 36.8 Å². The molecule has 2 fully saturated rings. The van der Waals surface area contributed by atoms with E-state index in [0.717, 1.165) is 45.1 Å². The Bertz CT molecular complexity index is 721. The quantitative estimate of drug-likeness (QED) is 0.741. The van der Waals surface area contributed by atoms with E-state index in [1.165, 1.54) is 38.0 Å². The fraction of sp³-hybridized carbons (Fsp3) is 0.708. The summed E-state index contributed by atoms with van der Waals surface area (Å²) in [6, 6.07) is 8.62. The zero-order chi connectivity index (χ0) is 21.1. The van der Waals surface area contributed by atoms with Crippen LogP contribution in [0.5, 0.6) is 0 Å². The molecule has 30 heavy (non-hydrogen) atoms. The summed E-state index contributed by atoms with van der Waals surface area (Å²) in [7, 11) is 0. The molecular formula is C24H38N4O2. The molecule has 0 bridgehead atoms. The van der Waals surface area contributed by atoms with Gasteiger partial charge in [0.1, 0.15) is 0 Å². The van der Waals surface area contributed by atoms with Gasteiger partial charge >= 0.3 is 0 Å². The first-order valence-electron chi connectivity index (χ1n) is 11.8. The second-order valence-corrected chi connectivity index (χ2v) is 9.20. The van der Waals surface area contributed by atoms with Crippen LogP contribution in [-0.4, -0.2) is 80.4 Å². The third kappa shape index (κ3) is 4.51. The molecule has 3 aliphatic heterocycles. The van der Waals surface area contributed by atoms with Gasteiger partial charge in [0.15, 0.2) is 0 Å². The van der Waals surface area contributed by atoms with E-state index in [1.807, 2.05) is 11.0 Å². The van der Waals surface area contributed by atoms with Gasteiger partial charge in [-0.3, -0.25) is 14.6 Å². The number of para-hydroxylation sites is 2. The third-order valence-electron chi connectivity index (χ3n) is 6.95. The molecule has 1 aromatic rings. The second kappa shape index (κ2) is 9.67. The van der Waals surface area contributed by atoms with Crippen molar-refractivity contribution in [3.63, 3.8) is 0 Å². The number of morpholine rings is 1. The number of benzene rings is 1. The van der Waals surface area contributed by atoms with Gasteiger partial charge in [0.2, 0.25) is 5.91 Å². The molecule has 0 aromatic heterocycles. The summed E-state index contributed by atoms with van der Waals surface area (Å²) in [5.41, 5.74) is 2.28. The molecule has 0 saturated carbocycles. The molecule has 2 unspecified atom stereocenters. The van der Waals surface area contributed by atoms with E-state index in [0.29, 0.717) is 12.1 Å². The molecular weight excluding hydrogens is 376 g/mol. The van der Waals surface area contributed by atoms with E-state index in [1.54, 1.807) is 6.92 Å². The van der Waals surface area contributed by atoms with Crippen LogP contribution in [0.3, 0.4) is 0 Å². The van der Waals surface area contributed by atoms with E-state index in [9.17, 15) is 4.79 Å². The van der Waals surface area contributed by atoms with Crippen molar-refractivity contribution < 1.29 is 9.53 Å². The van der Waals surface area contributed by atoms with E-state index < -0.39 is 0 Å². The second-order valence-electron chi connectivity index (χ2n) is 9.20. The number of hydrogen-bond donors (Lipinski definition) is 0. The first-order chi connectivity index (χ1) is 14.6. The third-order valence-corrected chi connectivity index (χ3v) is 6.95. The smallest absolute Gasteiger partial charge is 0.224 e. The normalized spacial score (nSPS) is 28.4. The maximum Gasteiger partial charge on any atom is 0.224 e. The molecule has 3 aliphatic rings. The zero-order valence-corrected chi connectivity index (χ0v) is 18.9. The number of ether oxygens (including phenoxy) is 1. The lowest BCUT2D eigenvalue weighted by molar-refractivity contribution is -0.117. The van der Waals surface area contributed by atoms with Crippen molar-refractivity contribution in [1.29, 1.82) is 0 Å². The van der Waals surface area contributed by atoms with Crippen molar-refractivity contribution in [1.82, 2.24) is 9.80 Å². The highest BCUT2D eigenvalue weighted by atomic mass is 16.5. The number of carbonyl (C=O) groups excluding carboxylic acids is 1.